The van der Waals surface area contributed by atoms with Crippen LogP contribution in [0.2, 0.25) is 0 Å². The van der Waals surface area contributed by atoms with Crippen LogP contribution in [-0.2, 0) is 4.79 Å². The minimum atomic E-state index is -0.857. The van der Waals surface area contributed by atoms with E-state index in [-0.39, 0.29) is 12.2 Å². The number of aliphatic hydroxyl groups excluding tert-OH is 1. The molecular weight excluding hydrogens is 238 g/mol. The van der Waals surface area contributed by atoms with Gasteiger partial charge in [-0.05, 0) is 24.1 Å². The second-order valence-electron chi connectivity index (χ2n) is 3.56. The minimum Gasteiger partial charge on any atom is -0.504 e. The zero-order valence-electron chi connectivity index (χ0n) is 9.83. The van der Waals surface area contributed by atoms with Gasteiger partial charge in [0.1, 0.15) is 0 Å². The van der Waals surface area contributed by atoms with Gasteiger partial charge in [0.25, 0.3) is 5.91 Å². The Balaban J connectivity index is 2.67. The Labute approximate surface area is 104 Å². The maximum atomic E-state index is 10.7. The molecule has 1 aromatic rings. The largest absolute Gasteiger partial charge is 0.504 e. The van der Waals surface area contributed by atoms with Crippen LogP contribution in [0.1, 0.15) is 18.1 Å². The van der Waals surface area contributed by atoms with Crippen molar-refractivity contribution in [2.45, 2.75) is 12.5 Å². The molecule has 0 heterocycles. The van der Waals surface area contributed by atoms with Crippen LogP contribution in [-0.4, -0.2) is 28.4 Å². The molecule has 0 unspecified atom stereocenters. The first-order valence-corrected chi connectivity index (χ1v) is 5.24. The highest BCUT2D eigenvalue weighted by Gasteiger charge is 2.09. The predicted octanol–water partition coefficient (Wildman–Crippen LogP) is 0.886. The second-order valence-corrected chi connectivity index (χ2v) is 3.56. The topological polar surface area (TPSA) is 99.0 Å². The van der Waals surface area contributed by atoms with E-state index < -0.39 is 12.0 Å². The van der Waals surface area contributed by atoms with Gasteiger partial charge in [0, 0.05) is 6.08 Å². The summed E-state index contributed by atoms with van der Waals surface area (Å²) in [5.74, 6) is -0.410. The molecule has 1 amide bonds. The summed E-state index contributed by atoms with van der Waals surface area (Å²) < 4.78 is 4.88. The number of aliphatic hydroxyl groups is 1. The quantitative estimate of drug-likeness (QED) is 0.355. The third-order valence-electron chi connectivity index (χ3n) is 2.33. The molecule has 0 radical (unpaired) electrons. The normalized spacial score (nSPS) is 12.4. The molecule has 1 aromatic carbocycles. The molecule has 0 spiro atoms. The third-order valence-corrected chi connectivity index (χ3v) is 2.33. The second kappa shape index (κ2) is 6.63. The SMILES string of the molecule is COc1ccc([C@H](O)C/C=C/C(=O)NO)cc1O. The van der Waals surface area contributed by atoms with Crippen molar-refractivity contribution in [3.8, 4) is 11.5 Å². The fourth-order valence-corrected chi connectivity index (χ4v) is 1.39. The van der Waals surface area contributed by atoms with Crippen LogP contribution < -0.4 is 10.2 Å². The van der Waals surface area contributed by atoms with E-state index in [9.17, 15) is 15.0 Å². The lowest BCUT2D eigenvalue weighted by Crippen LogP contribution is -2.15. The lowest BCUT2D eigenvalue weighted by atomic mass is 10.1. The van der Waals surface area contributed by atoms with Gasteiger partial charge in [-0.3, -0.25) is 10.0 Å². The molecule has 1 rings (SSSR count). The third kappa shape index (κ3) is 3.76. The molecule has 0 aliphatic heterocycles. The summed E-state index contributed by atoms with van der Waals surface area (Å²) in [7, 11) is 1.43. The van der Waals surface area contributed by atoms with Crippen LogP contribution in [0.5, 0.6) is 11.5 Å². The standard InChI is InChI=1S/C12H15NO5/c1-18-11-6-5-8(7-10(11)15)9(14)3-2-4-12(16)13-17/h2,4-7,9,14-15,17H,3H2,1H3,(H,13,16)/b4-2+/t9-/m1/s1. The van der Waals surface area contributed by atoms with Gasteiger partial charge in [0.05, 0.1) is 13.2 Å². The van der Waals surface area contributed by atoms with Gasteiger partial charge in [0.2, 0.25) is 0 Å². The van der Waals surface area contributed by atoms with Crippen molar-refractivity contribution in [1.29, 1.82) is 0 Å². The van der Waals surface area contributed by atoms with E-state index in [1.807, 2.05) is 0 Å². The molecule has 4 N–H and O–H groups in total. The number of carbonyl (C=O) groups is 1. The van der Waals surface area contributed by atoms with Gasteiger partial charge < -0.3 is 14.9 Å². The van der Waals surface area contributed by atoms with Crippen molar-refractivity contribution < 1.29 is 25.0 Å². The molecule has 0 aromatic heterocycles. The Kier molecular flexibility index (Phi) is 5.16. The van der Waals surface area contributed by atoms with Crippen molar-refractivity contribution in [1.82, 2.24) is 5.48 Å². The highest BCUT2D eigenvalue weighted by Crippen LogP contribution is 2.29. The Hall–Kier alpha value is -2.05. The Bertz CT molecular complexity index is 444. The van der Waals surface area contributed by atoms with Gasteiger partial charge in [-0.2, -0.15) is 0 Å². The van der Waals surface area contributed by atoms with Gasteiger partial charge >= 0.3 is 0 Å². The number of amides is 1. The number of aromatic hydroxyl groups is 1. The minimum absolute atomic E-state index is 0.0638. The molecule has 0 saturated carbocycles. The summed E-state index contributed by atoms with van der Waals surface area (Å²) in [6.45, 7) is 0. The first-order chi connectivity index (χ1) is 8.58. The Morgan fingerprint density at radius 2 is 2.28 bits per heavy atom. The summed E-state index contributed by atoms with van der Waals surface area (Å²) in [4.78, 5) is 10.7. The van der Waals surface area contributed by atoms with Crippen LogP contribution in [0, 0.1) is 0 Å². The highest BCUT2D eigenvalue weighted by atomic mass is 16.5. The molecule has 1 atom stereocenters. The van der Waals surface area contributed by atoms with E-state index in [1.165, 1.54) is 30.8 Å². The number of nitrogens with one attached hydrogen (secondary N) is 1. The number of ether oxygens (including phenoxy) is 1. The smallest absolute Gasteiger partial charge is 0.267 e. The molecule has 18 heavy (non-hydrogen) atoms. The lowest BCUT2D eigenvalue weighted by molar-refractivity contribution is -0.124. The number of carbonyl (C=O) groups excluding carboxylic acids is 1. The van der Waals surface area contributed by atoms with E-state index in [0.717, 1.165) is 6.08 Å². The number of hydroxylamine groups is 1. The van der Waals surface area contributed by atoms with Gasteiger partial charge in [-0.15, -0.1) is 0 Å². The Morgan fingerprint density at radius 1 is 1.56 bits per heavy atom. The number of phenolic OH excluding ortho intramolecular Hbond substituents is 1. The molecule has 0 bridgehead atoms. The van der Waals surface area contributed by atoms with E-state index in [1.54, 1.807) is 6.07 Å². The average Bonchev–Trinajstić information content (AvgIpc) is 2.38. The van der Waals surface area contributed by atoms with E-state index in [2.05, 4.69) is 0 Å². The van der Waals surface area contributed by atoms with Crippen LogP contribution in [0.25, 0.3) is 0 Å². The molecule has 98 valence electrons. The maximum Gasteiger partial charge on any atom is 0.267 e. The van der Waals surface area contributed by atoms with Gasteiger partial charge in [-0.1, -0.05) is 12.1 Å². The number of hydrogen-bond acceptors (Lipinski definition) is 5. The summed E-state index contributed by atoms with van der Waals surface area (Å²) >= 11 is 0. The van der Waals surface area contributed by atoms with Gasteiger partial charge in [0.15, 0.2) is 11.5 Å². The number of rotatable bonds is 5. The number of benzene rings is 1. The van der Waals surface area contributed by atoms with E-state index >= 15 is 0 Å². The molecule has 0 aliphatic rings. The van der Waals surface area contributed by atoms with Crippen LogP contribution >= 0.6 is 0 Å². The zero-order chi connectivity index (χ0) is 13.5. The number of phenols is 1. The van der Waals surface area contributed by atoms with E-state index in [4.69, 9.17) is 9.94 Å². The average molecular weight is 253 g/mol. The zero-order valence-corrected chi connectivity index (χ0v) is 9.83. The van der Waals surface area contributed by atoms with Crippen LogP contribution in [0.15, 0.2) is 30.4 Å². The maximum absolute atomic E-state index is 10.7. The first kappa shape index (κ1) is 14.0. The van der Waals surface area contributed by atoms with Crippen LogP contribution in [0.3, 0.4) is 0 Å². The molecule has 6 heteroatoms. The van der Waals surface area contributed by atoms with Crippen molar-refractivity contribution in [3.63, 3.8) is 0 Å². The van der Waals surface area contributed by atoms with Crippen molar-refractivity contribution in [3.05, 3.63) is 35.9 Å². The molecule has 0 saturated heterocycles. The monoisotopic (exact) mass is 253 g/mol. The summed E-state index contributed by atoms with van der Waals surface area (Å²) in [6, 6.07) is 4.55. The summed E-state index contributed by atoms with van der Waals surface area (Å²) in [5.41, 5.74) is 1.94. The summed E-state index contributed by atoms with van der Waals surface area (Å²) in [5, 5.41) is 27.6. The fraction of sp³-hybridized carbons (Fsp3) is 0.250. The molecule has 0 aliphatic carbocycles. The van der Waals surface area contributed by atoms with Crippen molar-refractivity contribution >= 4 is 5.91 Å². The molecule has 0 fully saturated rings. The van der Waals surface area contributed by atoms with Crippen molar-refractivity contribution in [2.24, 2.45) is 0 Å². The number of methoxy groups -OCH3 is 1. The Morgan fingerprint density at radius 3 is 2.83 bits per heavy atom. The van der Waals surface area contributed by atoms with Gasteiger partial charge in [-0.25, -0.2) is 5.48 Å². The predicted molar refractivity (Wildman–Crippen MR) is 63.3 cm³/mol. The van der Waals surface area contributed by atoms with E-state index in [0.29, 0.717) is 11.3 Å². The van der Waals surface area contributed by atoms with Crippen LogP contribution in [0.4, 0.5) is 0 Å². The molecular formula is C12H15NO5. The first-order valence-electron chi connectivity index (χ1n) is 5.24. The van der Waals surface area contributed by atoms with Crippen molar-refractivity contribution in [2.75, 3.05) is 7.11 Å². The fourth-order valence-electron chi connectivity index (χ4n) is 1.39. The lowest BCUT2D eigenvalue weighted by Gasteiger charge is -2.10. The number of hydrogen-bond donors (Lipinski definition) is 4. The highest BCUT2D eigenvalue weighted by molar-refractivity contribution is 5.86. The molecule has 6 nitrogen and oxygen atoms in total. The summed E-state index contributed by atoms with van der Waals surface area (Å²) in [6.07, 6.45) is 1.84.